The van der Waals surface area contributed by atoms with E-state index in [1.54, 1.807) is 0 Å². The van der Waals surface area contributed by atoms with E-state index in [1.165, 1.54) is 0 Å². The monoisotopic (exact) mass is 358 g/mol. The number of nitrogens with one attached hydrogen (secondary N) is 2. The summed E-state index contributed by atoms with van der Waals surface area (Å²) in [5.74, 6) is -0.986. The van der Waals surface area contributed by atoms with Gasteiger partial charge in [-0.3, -0.25) is 14.4 Å². The molecule has 0 spiro atoms. The van der Waals surface area contributed by atoms with Crippen LogP contribution in [0.25, 0.3) is 0 Å². The summed E-state index contributed by atoms with van der Waals surface area (Å²) in [5, 5.41) is 5.68. The van der Waals surface area contributed by atoms with Gasteiger partial charge in [-0.05, 0) is 44.2 Å². The Bertz CT molecular complexity index is 706. The van der Waals surface area contributed by atoms with Crippen molar-refractivity contribution in [3.05, 3.63) is 29.8 Å². The average Bonchev–Trinajstić information content (AvgIpc) is 2.81. The number of nitrogens with zero attached hydrogens (tertiary/aromatic N) is 1. The maximum Gasteiger partial charge on any atom is 0.242 e. The first-order chi connectivity index (χ1) is 12.5. The van der Waals surface area contributed by atoms with Crippen LogP contribution in [0.5, 0.6) is 0 Å². The number of benzene rings is 1. The molecule has 1 fully saturated rings. The van der Waals surface area contributed by atoms with Crippen LogP contribution in [0, 0.1) is 0 Å². The van der Waals surface area contributed by atoms with Gasteiger partial charge in [0.05, 0.1) is 12.5 Å². The summed E-state index contributed by atoms with van der Waals surface area (Å²) in [7, 11) is 0. The van der Waals surface area contributed by atoms with Gasteiger partial charge in [0.25, 0.3) is 0 Å². The van der Waals surface area contributed by atoms with Crippen molar-refractivity contribution in [1.82, 2.24) is 10.6 Å². The first kappa shape index (κ1) is 18.2. The predicted molar refractivity (Wildman–Crippen MR) is 98.6 cm³/mol. The molecule has 0 saturated carbocycles. The number of fused-ring (bicyclic) bond motifs is 1. The topological polar surface area (TPSA) is 105 Å². The Kier molecular flexibility index (Phi) is 5.44. The molecule has 3 rings (SSSR count). The van der Waals surface area contributed by atoms with Crippen LogP contribution in [-0.2, 0) is 14.4 Å². The molecule has 0 bridgehead atoms. The Morgan fingerprint density at radius 3 is 2.85 bits per heavy atom. The highest BCUT2D eigenvalue weighted by Crippen LogP contribution is 2.37. The van der Waals surface area contributed by atoms with Gasteiger partial charge in [0.2, 0.25) is 17.7 Å². The smallest absolute Gasteiger partial charge is 0.242 e. The zero-order valence-electron chi connectivity index (χ0n) is 15.0. The maximum absolute atomic E-state index is 12.6. The van der Waals surface area contributed by atoms with E-state index in [4.69, 9.17) is 5.73 Å². The van der Waals surface area contributed by atoms with E-state index in [0.29, 0.717) is 19.4 Å². The molecule has 140 valence electrons. The fourth-order valence-corrected chi connectivity index (χ4v) is 3.86. The molecule has 7 heteroatoms. The number of rotatable bonds is 4. The van der Waals surface area contributed by atoms with Crippen molar-refractivity contribution >= 4 is 23.4 Å². The highest BCUT2D eigenvalue weighted by Gasteiger charge is 2.34. The Labute approximate surface area is 153 Å². The molecule has 7 nitrogen and oxygen atoms in total. The summed E-state index contributed by atoms with van der Waals surface area (Å²) in [4.78, 5) is 38.4. The van der Waals surface area contributed by atoms with Crippen molar-refractivity contribution in [1.29, 1.82) is 0 Å². The van der Waals surface area contributed by atoms with E-state index in [1.807, 2.05) is 36.1 Å². The fourth-order valence-electron chi connectivity index (χ4n) is 3.86. The fraction of sp³-hybridized carbons (Fsp3) is 0.526. The zero-order chi connectivity index (χ0) is 18.7. The SMILES string of the molecule is C[C@@H]1C[C@H](C(N)=O)c2ccccc2N1CC(=O)N[C@H]1CCCCNC1=O. The summed E-state index contributed by atoms with van der Waals surface area (Å²) in [6.07, 6.45) is 3.08. The van der Waals surface area contributed by atoms with E-state index in [0.717, 1.165) is 24.1 Å². The molecule has 1 saturated heterocycles. The van der Waals surface area contributed by atoms with E-state index in [2.05, 4.69) is 10.6 Å². The lowest BCUT2D eigenvalue weighted by Gasteiger charge is -2.39. The second-order valence-corrected chi connectivity index (χ2v) is 7.13. The second-order valence-electron chi connectivity index (χ2n) is 7.13. The molecule has 0 radical (unpaired) electrons. The molecule has 2 aliphatic heterocycles. The molecule has 0 aromatic heterocycles. The van der Waals surface area contributed by atoms with Crippen molar-refractivity contribution in [3.63, 3.8) is 0 Å². The molecule has 3 atom stereocenters. The van der Waals surface area contributed by atoms with Gasteiger partial charge in [-0.1, -0.05) is 18.2 Å². The van der Waals surface area contributed by atoms with Crippen LogP contribution >= 0.6 is 0 Å². The first-order valence-electron chi connectivity index (χ1n) is 9.19. The predicted octanol–water partition coefficient (Wildman–Crippen LogP) is 0.639. The van der Waals surface area contributed by atoms with Crippen LogP contribution in [0.4, 0.5) is 5.69 Å². The highest BCUT2D eigenvalue weighted by molar-refractivity contribution is 5.91. The molecular weight excluding hydrogens is 332 g/mol. The molecule has 1 aromatic rings. The summed E-state index contributed by atoms with van der Waals surface area (Å²) >= 11 is 0. The number of hydrogen-bond donors (Lipinski definition) is 3. The summed E-state index contributed by atoms with van der Waals surface area (Å²) in [6.45, 7) is 2.79. The molecular formula is C19H26N4O3. The minimum atomic E-state index is -0.473. The number of nitrogens with two attached hydrogens (primary N) is 1. The number of amides is 3. The first-order valence-corrected chi connectivity index (χ1v) is 9.19. The van der Waals surface area contributed by atoms with E-state index in [9.17, 15) is 14.4 Å². The number of anilines is 1. The third-order valence-corrected chi connectivity index (χ3v) is 5.26. The maximum atomic E-state index is 12.6. The summed E-state index contributed by atoms with van der Waals surface area (Å²) < 4.78 is 0. The molecule has 1 aromatic carbocycles. The highest BCUT2D eigenvalue weighted by atomic mass is 16.2. The third-order valence-electron chi connectivity index (χ3n) is 5.26. The van der Waals surface area contributed by atoms with Crippen LogP contribution in [0.1, 0.15) is 44.1 Å². The number of para-hydroxylation sites is 1. The minimum Gasteiger partial charge on any atom is -0.369 e. The Morgan fingerprint density at radius 1 is 1.31 bits per heavy atom. The average molecular weight is 358 g/mol. The van der Waals surface area contributed by atoms with Gasteiger partial charge in [0.1, 0.15) is 6.04 Å². The number of primary amides is 1. The largest absolute Gasteiger partial charge is 0.369 e. The van der Waals surface area contributed by atoms with Crippen LogP contribution < -0.4 is 21.3 Å². The van der Waals surface area contributed by atoms with Gasteiger partial charge in [-0.25, -0.2) is 0 Å². The van der Waals surface area contributed by atoms with Crippen molar-refractivity contribution < 1.29 is 14.4 Å². The zero-order valence-corrected chi connectivity index (χ0v) is 15.0. The lowest BCUT2D eigenvalue weighted by Crippen LogP contribution is -2.51. The Hall–Kier alpha value is -2.57. The lowest BCUT2D eigenvalue weighted by atomic mass is 9.85. The quantitative estimate of drug-likeness (QED) is 0.734. The number of carbonyl (C=O) groups excluding carboxylic acids is 3. The van der Waals surface area contributed by atoms with Gasteiger partial charge in [-0.15, -0.1) is 0 Å². The third kappa shape index (κ3) is 3.81. The van der Waals surface area contributed by atoms with Crippen molar-refractivity contribution in [2.24, 2.45) is 5.73 Å². The molecule has 0 aliphatic carbocycles. The van der Waals surface area contributed by atoms with E-state index in [-0.39, 0.29) is 36.2 Å². The van der Waals surface area contributed by atoms with Gasteiger partial charge in [-0.2, -0.15) is 0 Å². The minimum absolute atomic E-state index is 0.00360. The van der Waals surface area contributed by atoms with Gasteiger partial charge in [0, 0.05) is 18.3 Å². The van der Waals surface area contributed by atoms with Crippen LogP contribution in [0.15, 0.2) is 24.3 Å². The van der Waals surface area contributed by atoms with Crippen LogP contribution in [0.3, 0.4) is 0 Å². The van der Waals surface area contributed by atoms with E-state index < -0.39 is 6.04 Å². The van der Waals surface area contributed by atoms with Gasteiger partial charge in [0.15, 0.2) is 0 Å². The van der Waals surface area contributed by atoms with E-state index >= 15 is 0 Å². The second kappa shape index (κ2) is 7.76. The molecule has 2 heterocycles. The number of carbonyl (C=O) groups is 3. The normalized spacial score (nSPS) is 25.7. The van der Waals surface area contributed by atoms with Crippen LogP contribution in [-0.4, -0.2) is 42.9 Å². The summed E-state index contributed by atoms with van der Waals surface area (Å²) in [5.41, 5.74) is 7.28. The molecule has 26 heavy (non-hydrogen) atoms. The Balaban J connectivity index is 1.74. The number of hydrogen-bond acceptors (Lipinski definition) is 4. The molecule has 2 aliphatic rings. The molecule has 4 N–H and O–H groups in total. The molecule has 3 amide bonds. The Morgan fingerprint density at radius 2 is 2.08 bits per heavy atom. The van der Waals surface area contributed by atoms with Crippen molar-refractivity contribution in [2.75, 3.05) is 18.0 Å². The van der Waals surface area contributed by atoms with Crippen molar-refractivity contribution in [2.45, 2.75) is 50.6 Å². The van der Waals surface area contributed by atoms with Crippen LogP contribution in [0.2, 0.25) is 0 Å². The standard InChI is InChI=1S/C19H26N4O3/c1-12-10-14(18(20)25)13-6-2-3-8-16(13)23(12)11-17(24)22-15-7-4-5-9-21-19(15)26/h2-3,6,8,12,14-15H,4-5,7,9-11H2,1H3,(H2,20,25)(H,21,26)(H,22,24)/t12-,14+,15+/m1/s1. The summed E-state index contributed by atoms with van der Waals surface area (Å²) in [6, 6.07) is 7.08. The van der Waals surface area contributed by atoms with Gasteiger partial charge < -0.3 is 21.3 Å². The molecule has 0 unspecified atom stereocenters. The lowest BCUT2D eigenvalue weighted by molar-refractivity contribution is -0.128. The van der Waals surface area contributed by atoms with Crippen molar-refractivity contribution in [3.8, 4) is 0 Å². The van der Waals surface area contributed by atoms with Gasteiger partial charge >= 0.3 is 0 Å².